The van der Waals surface area contributed by atoms with Crippen LogP contribution in [0.25, 0.3) is 0 Å². The number of carbonyl (C=O) groups excluding carboxylic acids is 3. The number of unbranched alkanes of at least 4 members (excludes halogenated alkanes) is 4. The molecule has 426 valence electrons. The van der Waals surface area contributed by atoms with Crippen LogP contribution in [0.3, 0.4) is 0 Å². The highest BCUT2D eigenvalue weighted by molar-refractivity contribution is 7.46. The molecular weight excluding hydrogens is 1000 g/mol. The molecule has 1 unspecified atom stereocenters. The lowest BCUT2D eigenvalue weighted by Crippen LogP contribution is -2.64. The van der Waals surface area contributed by atoms with Crippen LogP contribution in [0, 0.1) is 34.5 Å². The van der Waals surface area contributed by atoms with Gasteiger partial charge in [0.25, 0.3) is 0 Å². The second kappa shape index (κ2) is 26.3. The first kappa shape index (κ1) is 59.5. The summed E-state index contributed by atoms with van der Waals surface area (Å²) >= 11 is 0. The average molecular weight is 1090 g/mol. The minimum atomic E-state index is -4.85. The lowest BCUT2D eigenvalue weighted by Gasteiger charge is -2.59. The van der Waals surface area contributed by atoms with E-state index in [0.717, 1.165) is 115 Å². The first-order valence-electron chi connectivity index (χ1n) is 28.9. The standard InChI is InChI=1S/C60H87N2O14P/c1-5-62(6-2,38-45-33-44(24-27-52(45)73-41-74-77(68,69)70)51(65)37-61-30-16-7-8-17-31-71-32-18-15-21-42-19-11-9-12-20-42)39-55(67)72-40-53(66)60-54(75-57(76-60)43-22-13-10-14-23-43)35-49-48-26-25-46-34-47(63)28-29-58(46,3)56(48)50(64)36-59(49,60)4/h9,11-12,19-20,24,27-29,33-34,43,48-51,54,56-57,61,64-65H,5-8,10,13-18,21-23,25-26,30-32,35-41H2,1-4H3,(H-,68,69,70)/p+1/t48-,49-,50-,51?,54+,56+,57+,58-,59-,60+/m0/s1. The molecule has 77 heavy (non-hydrogen) atoms. The number of hydrogen-bond donors (Lipinski definition) is 5. The molecule has 0 bridgehead atoms. The summed E-state index contributed by atoms with van der Waals surface area (Å²) in [6, 6.07) is 15.6. The Balaban J connectivity index is 0.887. The van der Waals surface area contributed by atoms with Crippen LogP contribution in [-0.4, -0.2) is 125 Å². The predicted octanol–water partition coefficient (Wildman–Crippen LogP) is 8.77. The number of carbonyl (C=O) groups is 3. The molecule has 0 aromatic heterocycles. The molecule has 5 N–H and O–H groups in total. The molecule has 5 aliphatic carbocycles. The number of ether oxygens (including phenoxy) is 5. The zero-order valence-corrected chi connectivity index (χ0v) is 47.0. The van der Waals surface area contributed by atoms with Crippen molar-refractivity contribution in [3.05, 3.63) is 89.0 Å². The van der Waals surface area contributed by atoms with E-state index >= 15 is 4.79 Å². The summed E-state index contributed by atoms with van der Waals surface area (Å²) < 4.78 is 48.0. The van der Waals surface area contributed by atoms with Crippen molar-refractivity contribution in [3.63, 3.8) is 0 Å². The van der Waals surface area contributed by atoms with Crippen molar-refractivity contribution in [2.45, 2.75) is 167 Å². The Morgan fingerprint density at radius 1 is 0.948 bits per heavy atom. The SMILES string of the molecule is CC[N+](CC)(CC(=O)OCC(=O)[C@@]12O[C@H](C3CCCCC3)O[C@@H]1C[C@H]1[C@@H]3CCC4=CC(=O)C=C[C@]4(C)[C@H]3[C@@H](O)C[C@@]12C)Cc1cc(C(O)CNCCCCCCOCCCCc2ccccc2)ccc1OCOP(=O)(O)O. The van der Waals surface area contributed by atoms with Gasteiger partial charge in [-0.25, -0.2) is 13.9 Å². The average Bonchev–Trinajstić information content (AvgIpc) is 3.57. The molecule has 16 nitrogen and oxygen atoms in total. The number of hydrogen-bond acceptors (Lipinski definition) is 13. The first-order chi connectivity index (χ1) is 36.9. The van der Waals surface area contributed by atoms with Gasteiger partial charge in [-0.05, 0) is 138 Å². The summed E-state index contributed by atoms with van der Waals surface area (Å²) in [5.41, 5.74) is 0.836. The number of fused-ring (bicyclic) bond motifs is 7. The van der Waals surface area contributed by atoms with Crippen LogP contribution < -0.4 is 10.1 Å². The maximum absolute atomic E-state index is 15.2. The number of benzene rings is 2. The van der Waals surface area contributed by atoms with E-state index in [2.05, 4.69) is 48.0 Å². The van der Waals surface area contributed by atoms with Crippen molar-refractivity contribution in [2.24, 2.45) is 34.5 Å². The summed E-state index contributed by atoms with van der Waals surface area (Å²) in [7, 11) is -4.85. The van der Waals surface area contributed by atoms with Gasteiger partial charge < -0.3 is 53.5 Å². The minimum absolute atomic E-state index is 0.0258. The molecule has 0 amide bonds. The van der Waals surface area contributed by atoms with E-state index in [1.807, 2.05) is 26.0 Å². The highest BCUT2D eigenvalue weighted by Gasteiger charge is 2.76. The number of rotatable bonds is 29. The van der Waals surface area contributed by atoms with E-state index in [-0.39, 0.29) is 58.6 Å². The molecule has 8 rings (SSSR count). The fourth-order valence-electron chi connectivity index (χ4n) is 14.5. The fraction of sp³-hybridized carbons (Fsp3) is 0.683. The Morgan fingerprint density at radius 2 is 1.69 bits per heavy atom. The summed E-state index contributed by atoms with van der Waals surface area (Å²) in [5, 5.41) is 27.1. The Bertz CT molecular complexity index is 2420. The summed E-state index contributed by atoms with van der Waals surface area (Å²) in [6.07, 6.45) is 17.3. The Kier molecular flexibility index (Phi) is 20.3. The van der Waals surface area contributed by atoms with Crippen LogP contribution in [-0.2, 0) is 55.4 Å². The zero-order valence-electron chi connectivity index (χ0n) is 46.1. The third-order valence-corrected chi connectivity index (χ3v) is 19.3. The summed E-state index contributed by atoms with van der Waals surface area (Å²) in [4.78, 5) is 60.8. The van der Waals surface area contributed by atoms with Gasteiger partial charge in [0.15, 0.2) is 37.6 Å². The Morgan fingerprint density at radius 3 is 2.43 bits per heavy atom. The zero-order chi connectivity index (χ0) is 54.9. The van der Waals surface area contributed by atoms with E-state index in [1.165, 1.54) is 5.56 Å². The maximum Gasteiger partial charge on any atom is 0.472 e. The van der Waals surface area contributed by atoms with Crippen LogP contribution >= 0.6 is 7.82 Å². The molecule has 1 heterocycles. The monoisotopic (exact) mass is 1090 g/mol. The number of Topliss-reactive ketones (excluding diaryl/α,β-unsaturated/α-hetero) is 1. The van der Waals surface area contributed by atoms with E-state index in [4.69, 9.17) is 23.7 Å². The number of ketones is 2. The van der Waals surface area contributed by atoms with Crippen LogP contribution in [0.15, 0.2) is 72.3 Å². The lowest BCUT2D eigenvalue weighted by molar-refractivity contribution is -0.931. The van der Waals surface area contributed by atoms with Gasteiger partial charge in [-0.2, -0.15) is 0 Å². The van der Waals surface area contributed by atoms with Gasteiger partial charge in [-0.1, -0.05) is 94.0 Å². The van der Waals surface area contributed by atoms with Gasteiger partial charge in [-0.3, -0.25) is 9.59 Å². The number of likely N-dealkylation sites (N-methyl/N-ethyl adjacent to an activating group) is 1. The third-order valence-electron chi connectivity index (χ3n) is 18.9. The predicted molar refractivity (Wildman–Crippen MR) is 290 cm³/mol. The smallest absolute Gasteiger partial charge is 0.466 e. The molecular formula is C60H88N2O14P+. The van der Waals surface area contributed by atoms with Gasteiger partial charge in [-0.15, -0.1) is 0 Å². The number of nitrogens with zero attached hydrogens (tertiary/aromatic N) is 1. The number of quaternary nitrogens is 1. The molecule has 2 aromatic rings. The van der Waals surface area contributed by atoms with Crippen LogP contribution in [0.4, 0.5) is 0 Å². The van der Waals surface area contributed by atoms with Crippen LogP contribution in [0.5, 0.6) is 5.75 Å². The normalized spacial score (nSPS) is 29.5. The highest BCUT2D eigenvalue weighted by atomic mass is 31.2. The number of phosphoric acid groups is 1. The van der Waals surface area contributed by atoms with Gasteiger partial charge in [0.1, 0.15) is 12.3 Å². The van der Waals surface area contributed by atoms with Crippen LogP contribution in [0.2, 0.25) is 0 Å². The number of aliphatic hydroxyl groups excluding tert-OH is 2. The molecule has 4 saturated carbocycles. The number of phosphoric ester groups is 1. The molecule has 6 aliphatic rings. The number of esters is 1. The van der Waals surface area contributed by atoms with Crippen molar-refractivity contribution in [3.8, 4) is 5.75 Å². The Labute approximate surface area is 456 Å². The van der Waals surface area contributed by atoms with Crippen molar-refractivity contribution >= 4 is 25.4 Å². The van der Waals surface area contributed by atoms with Crippen molar-refractivity contribution in [2.75, 3.05) is 59.3 Å². The second-order valence-corrected chi connectivity index (χ2v) is 24.7. The van der Waals surface area contributed by atoms with E-state index in [9.17, 15) is 34.2 Å². The molecule has 2 aromatic carbocycles. The number of nitrogens with one attached hydrogen (secondary N) is 1. The van der Waals surface area contributed by atoms with E-state index < -0.39 is 68.2 Å². The van der Waals surface area contributed by atoms with Gasteiger partial charge in [0.05, 0.1) is 31.4 Å². The first-order valence-corrected chi connectivity index (χ1v) is 30.4. The Hall–Kier alpha value is -3.64. The summed E-state index contributed by atoms with van der Waals surface area (Å²) in [5.74, 6) is -0.702. The highest BCUT2D eigenvalue weighted by Crippen LogP contribution is 2.70. The van der Waals surface area contributed by atoms with Crippen molar-refractivity contribution in [1.82, 2.24) is 5.32 Å². The number of aryl methyl sites for hydroxylation is 1. The molecule has 1 saturated heterocycles. The quantitative estimate of drug-likeness (QED) is 0.0169. The van der Waals surface area contributed by atoms with Gasteiger partial charge >= 0.3 is 13.8 Å². The van der Waals surface area contributed by atoms with Gasteiger partial charge in [0.2, 0.25) is 5.78 Å². The van der Waals surface area contributed by atoms with Crippen LogP contribution in [0.1, 0.15) is 147 Å². The van der Waals surface area contributed by atoms with Gasteiger partial charge in [0, 0.05) is 48.0 Å². The minimum Gasteiger partial charge on any atom is -0.466 e. The molecule has 1 aliphatic heterocycles. The molecule has 17 heteroatoms. The summed E-state index contributed by atoms with van der Waals surface area (Å²) in [6.45, 7) is 10.5. The maximum atomic E-state index is 15.2. The molecule has 5 fully saturated rings. The fourth-order valence-corrected chi connectivity index (χ4v) is 14.7. The number of allylic oxidation sites excluding steroid dienone is 4. The molecule has 0 radical (unpaired) electrons. The number of aliphatic hydroxyl groups is 2. The third kappa shape index (κ3) is 13.8. The van der Waals surface area contributed by atoms with Crippen molar-refractivity contribution < 1.29 is 71.6 Å². The second-order valence-electron chi connectivity index (χ2n) is 23.5. The van der Waals surface area contributed by atoms with E-state index in [0.29, 0.717) is 43.6 Å². The van der Waals surface area contributed by atoms with Crippen molar-refractivity contribution in [1.29, 1.82) is 0 Å². The topological polar surface area (TPSA) is 217 Å². The lowest BCUT2D eigenvalue weighted by atomic mass is 9.46. The van der Waals surface area contributed by atoms with E-state index in [1.54, 1.807) is 30.4 Å². The molecule has 0 spiro atoms. The molecule has 10 atom stereocenters. The largest absolute Gasteiger partial charge is 0.472 e.